The van der Waals surface area contributed by atoms with Gasteiger partial charge in [0.05, 0.1) is 36.6 Å². The Balaban J connectivity index is 2.04. The number of nitrogens with one attached hydrogen (secondary N) is 1. The topological polar surface area (TPSA) is 70.4 Å². The van der Waals surface area contributed by atoms with Gasteiger partial charge in [0.1, 0.15) is 0 Å². The molecular weight excluding hydrogens is 280 g/mol. The third kappa shape index (κ3) is 3.84. The van der Waals surface area contributed by atoms with Gasteiger partial charge in [0.2, 0.25) is 5.91 Å². The maximum absolute atomic E-state index is 11.3. The first-order chi connectivity index (χ1) is 10.4. The Hall–Kier alpha value is -1.92. The monoisotopic (exact) mass is 304 g/mol. The standard InChI is InChI=1S/C16H24N4O2/c1-11-5-14-15(6-12(11)2)20(10-18-14)8-13(21)7-19(4)9-16(22)17-3/h5-6,10,13,21H,7-9H2,1-4H3,(H,17,22). The number of imidazole rings is 1. The van der Waals surface area contributed by atoms with E-state index < -0.39 is 6.10 Å². The summed E-state index contributed by atoms with van der Waals surface area (Å²) in [5.74, 6) is -0.0612. The molecule has 1 aromatic heterocycles. The molecule has 22 heavy (non-hydrogen) atoms. The van der Waals surface area contributed by atoms with Crippen molar-refractivity contribution in [1.29, 1.82) is 0 Å². The number of fused-ring (bicyclic) bond motifs is 1. The maximum atomic E-state index is 11.3. The van der Waals surface area contributed by atoms with E-state index in [-0.39, 0.29) is 12.5 Å². The number of aliphatic hydroxyl groups is 1. The van der Waals surface area contributed by atoms with Crippen LogP contribution in [0.1, 0.15) is 11.1 Å². The summed E-state index contributed by atoms with van der Waals surface area (Å²) in [6.07, 6.45) is 1.19. The molecule has 1 heterocycles. The van der Waals surface area contributed by atoms with Gasteiger partial charge >= 0.3 is 0 Å². The number of carbonyl (C=O) groups is 1. The van der Waals surface area contributed by atoms with E-state index in [1.165, 1.54) is 11.1 Å². The number of hydrogen-bond donors (Lipinski definition) is 2. The Kier molecular flexibility index (Phi) is 5.15. The molecule has 6 nitrogen and oxygen atoms in total. The number of rotatable bonds is 6. The summed E-state index contributed by atoms with van der Waals surface area (Å²) in [5, 5.41) is 12.8. The van der Waals surface area contributed by atoms with Crippen molar-refractivity contribution in [1.82, 2.24) is 19.8 Å². The van der Waals surface area contributed by atoms with Crippen molar-refractivity contribution in [2.24, 2.45) is 0 Å². The van der Waals surface area contributed by atoms with Crippen LogP contribution in [-0.4, -0.2) is 58.8 Å². The van der Waals surface area contributed by atoms with Gasteiger partial charge in [0.25, 0.3) is 0 Å². The predicted molar refractivity (Wildman–Crippen MR) is 86.8 cm³/mol. The quantitative estimate of drug-likeness (QED) is 0.824. The van der Waals surface area contributed by atoms with Gasteiger partial charge in [-0.25, -0.2) is 4.98 Å². The first-order valence-electron chi connectivity index (χ1n) is 7.40. The first kappa shape index (κ1) is 16.5. The zero-order valence-electron chi connectivity index (χ0n) is 13.6. The average molecular weight is 304 g/mol. The zero-order valence-corrected chi connectivity index (χ0v) is 13.6. The lowest BCUT2D eigenvalue weighted by atomic mass is 10.1. The summed E-state index contributed by atoms with van der Waals surface area (Å²) in [4.78, 5) is 17.5. The third-order valence-electron chi connectivity index (χ3n) is 3.86. The molecule has 0 radical (unpaired) electrons. The lowest BCUT2D eigenvalue weighted by Gasteiger charge is -2.20. The predicted octanol–water partition coefficient (Wildman–Crippen LogP) is 0.692. The van der Waals surface area contributed by atoms with Gasteiger partial charge in [-0.05, 0) is 44.2 Å². The summed E-state index contributed by atoms with van der Waals surface area (Å²) < 4.78 is 1.96. The SMILES string of the molecule is CNC(=O)CN(C)CC(O)Cn1cnc2cc(C)c(C)cc21. The van der Waals surface area contributed by atoms with Crippen LogP contribution in [-0.2, 0) is 11.3 Å². The number of hydrogen-bond acceptors (Lipinski definition) is 4. The molecule has 2 aromatic rings. The van der Waals surface area contributed by atoms with Crippen LogP contribution in [0.4, 0.5) is 0 Å². The number of amides is 1. The van der Waals surface area contributed by atoms with Gasteiger partial charge in [0.15, 0.2) is 0 Å². The van der Waals surface area contributed by atoms with Gasteiger partial charge in [-0.1, -0.05) is 0 Å². The number of likely N-dealkylation sites (N-methyl/N-ethyl adjacent to an activating group) is 2. The van der Waals surface area contributed by atoms with Crippen LogP contribution >= 0.6 is 0 Å². The maximum Gasteiger partial charge on any atom is 0.233 e. The highest BCUT2D eigenvalue weighted by Crippen LogP contribution is 2.18. The second-order valence-corrected chi connectivity index (χ2v) is 5.85. The first-order valence-corrected chi connectivity index (χ1v) is 7.40. The van der Waals surface area contributed by atoms with Crippen molar-refractivity contribution >= 4 is 16.9 Å². The fourth-order valence-corrected chi connectivity index (χ4v) is 2.49. The van der Waals surface area contributed by atoms with Crippen LogP contribution in [0, 0.1) is 13.8 Å². The molecule has 2 rings (SSSR count). The molecule has 0 aliphatic carbocycles. The van der Waals surface area contributed by atoms with Gasteiger partial charge in [-0.2, -0.15) is 0 Å². The zero-order chi connectivity index (χ0) is 16.3. The summed E-state index contributed by atoms with van der Waals surface area (Å²) >= 11 is 0. The number of aryl methyl sites for hydroxylation is 2. The van der Waals surface area contributed by atoms with E-state index >= 15 is 0 Å². The lowest BCUT2D eigenvalue weighted by Crippen LogP contribution is -2.38. The van der Waals surface area contributed by atoms with Crippen LogP contribution in [0.25, 0.3) is 11.0 Å². The Morgan fingerprint density at radius 2 is 2.09 bits per heavy atom. The smallest absolute Gasteiger partial charge is 0.233 e. The third-order valence-corrected chi connectivity index (χ3v) is 3.86. The van der Waals surface area contributed by atoms with E-state index in [0.717, 1.165) is 11.0 Å². The second kappa shape index (κ2) is 6.89. The van der Waals surface area contributed by atoms with Gasteiger partial charge in [-0.15, -0.1) is 0 Å². The molecule has 0 bridgehead atoms. The molecule has 0 saturated heterocycles. The fourth-order valence-electron chi connectivity index (χ4n) is 2.49. The van der Waals surface area contributed by atoms with Crippen LogP contribution < -0.4 is 5.32 Å². The van der Waals surface area contributed by atoms with Gasteiger partial charge in [0, 0.05) is 13.6 Å². The van der Waals surface area contributed by atoms with Crippen molar-refractivity contribution in [2.45, 2.75) is 26.5 Å². The van der Waals surface area contributed by atoms with Gasteiger partial charge in [-0.3, -0.25) is 9.69 Å². The normalized spacial score (nSPS) is 12.8. The van der Waals surface area contributed by atoms with E-state index in [4.69, 9.17) is 0 Å². The summed E-state index contributed by atoms with van der Waals surface area (Å²) in [6.45, 7) is 5.29. The molecule has 0 spiro atoms. The summed E-state index contributed by atoms with van der Waals surface area (Å²) in [7, 11) is 3.42. The molecular formula is C16H24N4O2. The number of aliphatic hydroxyl groups excluding tert-OH is 1. The van der Waals surface area contributed by atoms with E-state index in [9.17, 15) is 9.90 Å². The summed E-state index contributed by atoms with van der Waals surface area (Å²) in [6, 6.07) is 4.16. The molecule has 2 N–H and O–H groups in total. The molecule has 0 saturated carbocycles. The molecule has 1 aromatic carbocycles. The average Bonchev–Trinajstić information content (AvgIpc) is 2.81. The van der Waals surface area contributed by atoms with Crippen LogP contribution in [0.2, 0.25) is 0 Å². The Bertz CT molecular complexity index is 665. The lowest BCUT2D eigenvalue weighted by molar-refractivity contribution is -0.121. The largest absolute Gasteiger partial charge is 0.390 e. The number of benzene rings is 1. The van der Waals surface area contributed by atoms with E-state index in [1.54, 1.807) is 18.3 Å². The molecule has 1 unspecified atom stereocenters. The van der Waals surface area contributed by atoms with Crippen molar-refractivity contribution in [3.05, 3.63) is 29.6 Å². The minimum atomic E-state index is -0.561. The molecule has 0 aliphatic rings. The van der Waals surface area contributed by atoms with Gasteiger partial charge < -0.3 is 15.0 Å². The van der Waals surface area contributed by atoms with Crippen molar-refractivity contribution < 1.29 is 9.90 Å². The van der Waals surface area contributed by atoms with Crippen molar-refractivity contribution in [2.75, 3.05) is 27.2 Å². The van der Waals surface area contributed by atoms with E-state index in [1.807, 2.05) is 11.6 Å². The Labute approximate surface area is 130 Å². The molecule has 1 atom stereocenters. The molecule has 0 fully saturated rings. The van der Waals surface area contributed by atoms with E-state index in [2.05, 4.69) is 36.3 Å². The molecule has 0 aliphatic heterocycles. The minimum Gasteiger partial charge on any atom is -0.390 e. The Morgan fingerprint density at radius 1 is 1.41 bits per heavy atom. The van der Waals surface area contributed by atoms with E-state index in [0.29, 0.717) is 13.1 Å². The van der Waals surface area contributed by atoms with Crippen molar-refractivity contribution in [3.8, 4) is 0 Å². The van der Waals surface area contributed by atoms with Crippen LogP contribution in [0.5, 0.6) is 0 Å². The van der Waals surface area contributed by atoms with Crippen LogP contribution in [0.3, 0.4) is 0 Å². The molecule has 1 amide bonds. The highest BCUT2D eigenvalue weighted by Gasteiger charge is 2.13. The molecule has 120 valence electrons. The van der Waals surface area contributed by atoms with Crippen molar-refractivity contribution in [3.63, 3.8) is 0 Å². The summed E-state index contributed by atoms with van der Waals surface area (Å²) in [5.41, 5.74) is 4.38. The second-order valence-electron chi connectivity index (χ2n) is 5.85. The molecule has 6 heteroatoms. The highest BCUT2D eigenvalue weighted by atomic mass is 16.3. The number of aromatic nitrogens is 2. The minimum absolute atomic E-state index is 0.0612. The fraction of sp³-hybridized carbons (Fsp3) is 0.500. The Morgan fingerprint density at radius 3 is 2.77 bits per heavy atom. The number of carbonyl (C=O) groups excluding carboxylic acids is 1. The van der Waals surface area contributed by atoms with Crippen LogP contribution in [0.15, 0.2) is 18.5 Å². The highest BCUT2D eigenvalue weighted by molar-refractivity contribution is 5.78. The number of nitrogens with zero attached hydrogens (tertiary/aromatic N) is 3.